The molecule has 0 aromatic rings. The number of rotatable bonds is 6. The Morgan fingerprint density at radius 3 is 2.52 bits per heavy atom. The lowest BCUT2D eigenvalue weighted by molar-refractivity contribution is -0.0721. The van der Waals surface area contributed by atoms with Crippen LogP contribution in [0.25, 0.3) is 0 Å². The van der Waals surface area contributed by atoms with Gasteiger partial charge in [-0.1, -0.05) is 0 Å². The summed E-state index contributed by atoms with van der Waals surface area (Å²) in [5, 5.41) is 3.39. The number of ether oxygens (including phenoxy) is 2. The van der Waals surface area contributed by atoms with Gasteiger partial charge in [0.15, 0.2) is 5.96 Å². The molecule has 3 aliphatic heterocycles. The standard InChI is InChI=1S/C19H36N4O4S.HI/c1-20-19(21-14-16-6-5-10-23(16)28(2,24)25)22-11-8-17(9-12-22)27-15-18-7-3-4-13-26-18;/h16-18H,3-15H2,1-2H3,(H,20,21);1H/t16-,18?;/m1./s1. The normalized spacial score (nSPS) is 27.7. The first-order chi connectivity index (χ1) is 13.5. The Morgan fingerprint density at radius 1 is 1.14 bits per heavy atom. The molecule has 1 N–H and O–H groups in total. The van der Waals surface area contributed by atoms with Crippen LogP contribution in [-0.2, 0) is 19.5 Å². The van der Waals surface area contributed by atoms with E-state index in [0.717, 1.165) is 57.8 Å². The molecule has 10 heteroatoms. The van der Waals surface area contributed by atoms with Gasteiger partial charge in [-0.3, -0.25) is 4.99 Å². The Labute approximate surface area is 192 Å². The van der Waals surface area contributed by atoms with E-state index in [0.29, 0.717) is 19.7 Å². The van der Waals surface area contributed by atoms with E-state index >= 15 is 0 Å². The SMILES string of the molecule is CN=C(NC[C@H]1CCCN1S(C)(=O)=O)N1CCC(OCC2CCCCO2)CC1.I. The summed E-state index contributed by atoms with van der Waals surface area (Å²) in [5.74, 6) is 0.856. The topological polar surface area (TPSA) is 83.5 Å². The second-order valence-corrected chi connectivity index (χ2v) is 10.0. The Hall–Kier alpha value is -0.170. The fourth-order valence-electron chi connectivity index (χ4n) is 4.41. The first kappa shape index (κ1) is 25.1. The minimum Gasteiger partial charge on any atom is -0.376 e. The number of nitrogens with one attached hydrogen (secondary N) is 1. The second kappa shape index (κ2) is 12.0. The predicted molar refractivity (Wildman–Crippen MR) is 125 cm³/mol. The summed E-state index contributed by atoms with van der Waals surface area (Å²) < 4.78 is 37.3. The number of hydrogen-bond donors (Lipinski definition) is 1. The van der Waals surface area contributed by atoms with E-state index in [4.69, 9.17) is 9.47 Å². The molecule has 170 valence electrons. The Morgan fingerprint density at radius 2 is 1.90 bits per heavy atom. The molecule has 0 aromatic heterocycles. The second-order valence-electron chi connectivity index (χ2n) is 8.11. The molecule has 3 aliphatic rings. The number of guanidine groups is 1. The van der Waals surface area contributed by atoms with Gasteiger partial charge in [-0.05, 0) is 44.9 Å². The average molecular weight is 545 g/mol. The largest absolute Gasteiger partial charge is 0.376 e. The molecule has 2 atom stereocenters. The molecule has 0 radical (unpaired) electrons. The molecule has 0 saturated carbocycles. The molecule has 0 bridgehead atoms. The zero-order valence-electron chi connectivity index (χ0n) is 17.7. The maximum Gasteiger partial charge on any atom is 0.211 e. The summed E-state index contributed by atoms with van der Waals surface area (Å²) in [6.07, 6.45) is 9.15. The van der Waals surface area contributed by atoms with Gasteiger partial charge in [0.2, 0.25) is 10.0 Å². The molecule has 0 amide bonds. The van der Waals surface area contributed by atoms with E-state index in [1.54, 1.807) is 11.4 Å². The van der Waals surface area contributed by atoms with Gasteiger partial charge in [-0.25, -0.2) is 8.42 Å². The molecular formula is C19H37IN4O4S. The number of aliphatic imine (C=N–C) groups is 1. The molecule has 0 aliphatic carbocycles. The van der Waals surface area contributed by atoms with Gasteiger partial charge in [-0.2, -0.15) is 4.31 Å². The lowest BCUT2D eigenvalue weighted by Gasteiger charge is -2.35. The number of nitrogens with zero attached hydrogens (tertiary/aromatic N) is 3. The minimum atomic E-state index is -3.14. The van der Waals surface area contributed by atoms with E-state index in [2.05, 4.69) is 15.2 Å². The van der Waals surface area contributed by atoms with Gasteiger partial charge >= 0.3 is 0 Å². The monoisotopic (exact) mass is 544 g/mol. The van der Waals surface area contributed by atoms with Crippen LogP contribution in [0.15, 0.2) is 4.99 Å². The third-order valence-electron chi connectivity index (χ3n) is 5.99. The number of likely N-dealkylation sites (tertiary alicyclic amines) is 1. The predicted octanol–water partition coefficient (Wildman–Crippen LogP) is 1.65. The minimum absolute atomic E-state index is 0. The molecule has 3 heterocycles. The first-order valence-electron chi connectivity index (χ1n) is 10.6. The van der Waals surface area contributed by atoms with Crippen LogP contribution < -0.4 is 5.32 Å². The van der Waals surface area contributed by atoms with Crippen molar-refractivity contribution in [3.8, 4) is 0 Å². The van der Waals surface area contributed by atoms with Gasteiger partial charge in [0.05, 0.1) is 25.1 Å². The lowest BCUT2D eigenvalue weighted by Crippen LogP contribution is -2.50. The van der Waals surface area contributed by atoms with Crippen molar-refractivity contribution >= 4 is 40.0 Å². The van der Waals surface area contributed by atoms with Crippen LogP contribution in [0.4, 0.5) is 0 Å². The van der Waals surface area contributed by atoms with E-state index in [1.165, 1.54) is 19.1 Å². The maximum atomic E-state index is 11.9. The summed E-state index contributed by atoms with van der Waals surface area (Å²) in [6, 6.07) is 0.0168. The average Bonchev–Trinajstić information content (AvgIpc) is 3.18. The molecule has 3 saturated heterocycles. The highest BCUT2D eigenvalue weighted by Gasteiger charge is 2.32. The maximum absolute atomic E-state index is 11.9. The molecule has 3 fully saturated rings. The van der Waals surface area contributed by atoms with Gasteiger partial charge in [0.1, 0.15) is 0 Å². The zero-order chi connectivity index (χ0) is 20.0. The van der Waals surface area contributed by atoms with Crippen molar-refractivity contribution in [2.75, 3.05) is 52.7 Å². The first-order valence-corrected chi connectivity index (χ1v) is 12.5. The Kier molecular flexibility index (Phi) is 10.4. The number of hydrogen-bond acceptors (Lipinski definition) is 5. The Balaban J connectivity index is 0.00000300. The highest BCUT2D eigenvalue weighted by molar-refractivity contribution is 14.0. The van der Waals surface area contributed by atoms with Crippen LogP contribution in [0.1, 0.15) is 44.9 Å². The van der Waals surface area contributed by atoms with Crippen LogP contribution in [-0.4, -0.2) is 94.5 Å². The van der Waals surface area contributed by atoms with Crippen molar-refractivity contribution in [1.29, 1.82) is 0 Å². The third-order valence-corrected chi connectivity index (χ3v) is 7.32. The molecule has 0 aromatic carbocycles. The van der Waals surface area contributed by atoms with Crippen LogP contribution in [0.2, 0.25) is 0 Å². The third kappa shape index (κ3) is 7.48. The molecule has 0 spiro atoms. The Bertz CT molecular complexity index is 620. The van der Waals surface area contributed by atoms with Gasteiger partial charge in [0.25, 0.3) is 0 Å². The fraction of sp³-hybridized carbons (Fsp3) is 0.947. The van der Waals surface area contributed by atoms with Crippen LogP contribution in [0, 0.1) is 0 Å². The molecule has 29 heavy (non-hydrogen) atoms. The summed E-state index contributed by atoms with van der Waals surface area (Å²) in [5.41, 5.74) is 0. The smallest absolute Gasteiger partial charge is 0.211 e. The van der Waals surface area contributed by atoms with Crippen LogP contribution >= 0.6 is 24.0 Å². The highest BCUT2D eigenvalue weighted by Crippen LogP contribution is 2.20. The van der Waals surface area contributed by atoms with Crippen molar-refractivity contribution in [3.05, 3.63) is 0 Å². The van der Waals surface area contributed by atoms with Crippen molar-refractivity contribution in [2.45, 2.75) is 63.2 Å². The summed E-state index contributed by atoms with van der Waals surface area (Å²) in [7, 11) is -1.36. The van der Waals surface area contributed by atoms with Crippen molar-refractivity contribution in [3.63, 3.8) is 0 Å². The van der Waals surface area contributed by atoms with Crippen LogP contribution in [0.5, 0.6) is 0 Å². The molecule has 8 nitrogen and oxygen atoms in total. The molecule has 1 unspecified atom stereocenters. The summed E-state index contributed by atoms with van der Waals surface area (Å²) >= 11 is 0. The van der Waals surface area contributed by atoms with Gasteiger partial charge < -0.3 is 19.7 Å². The van der Waals surface area contributed by atoms with E-state index in [9.17, 15) is 8.42 Å². The van der Waals surface area contributed by atoms with Gasteiger partial charge in [0, 0.05) is 45.9 Å². The van der Waals surface area contributed by atoms with E-state index < -0.39 is 10.0 Å². The van der Waals surface area contributed by atoms with E-state index in [1.807, 2.05) is 0 Å². The fourth-order valence-corrected chi connectivity index (χ4v) is 5.59. The summed E-state index contributed by atoms with van der Waals surface area (Å²) in [4.78, 5) is 6.65. The van der Waals surface area contributed by atoms with Gasteiger partial charge in [-0.15, -0.1) is 24.0 Å². The van der Waals surface area contributed by atoms with Crippen molar-refractivity contribution in [2.24, 2.45) is 4.99 Å². The lowest BCUT2D eigenvalue weighted by atomic mass is 10.1. The van der Waals surface area contributed by atoms with Crippen molar-refractivity contribution in [1.82, 2.24) is 14.5 Å². The van der Waals surface area contributed by atoms with Crippen LogP contribution in [0.3, 0.4) is 0 Å². The number of halogens is 1. The molecular weight excluding hydrogens is 507 g/mol. The summed E-state index contributed by atoms with van der Waals surface area (Å²) in [6.45, 7) is 4.60. The zero-order valence-corrected chi connectivity index (χ0v) is 20.9. The van der Waals surface area contributed by atoms with Crippen molar-refractivity contribution < 1.29 is 17.9 Å². The number of piperidine rings is 1. The quantitative estimate of drug-likeness (QED) is 0.311. The highest BCUT2D eigenvalue weighted by atomic mass is 127. The van der Waals surface area contributed by atoms with E-state index in [-0.39, 0.29) is 42.2 Å². The number of sulfonamides is 1. The molecule has 3 rings (SSSR count).